The second-order valence-corrected chi connectivity index (χ2v) is 8.21. The maximum atomic E-state index is 12.3. The fraction of sp³-hybridized carbons (Fsp3) is 0.389. The topological polar surface area (TPSA) is 84.8 Å². The smallest absolute Gasteiger partial charge is 0.332 e. The van der Waals surface area contributed by atoms with Gasteiger partial charge in [0.15, 0.2) is 0 Å². The molecule has 2 aliphatic heterocycles. The number of amides is 2. The van der Waals surface area contributed by atoms with Crippen LogP contribution in [-0.4, -0.2) is 75.7 Å². The molecule has 0 spiro atoms. The zero-order chi connectivity index (χ0) is 19.5. The van der Waals surface area contributed by atoms with Crippen LogP contribution in [0.5, 0.6) is 0 Å². The normalized spacial score (nSPS) is 18.6. The van der Waals surface area contributed by atoms with Crippen molar-refractivity contribution in [3.05, 3.63) is 41.7 Å². The van der Waals surface area contributed by atoms with Gasteiger partial charge in [-0.05, 0) is 36.2 Å². The first-order valence-corrected chi connectivity index (χ1v) is 10.2. The number of nitrogens with one attached hydrogen (secondary N) is 1. The minimum Gasteiger partial charge on any atom is -0.390 e. The Labute approximate surface area is 172 Å². The van der Waals surface area contributed by atoms with E-state index in [9.17, 15) is 9.90 Å². The number of rotatable bonds is 5. The second kappa shape index (κ2) is 8.52. The van der Waals surface area contributed by atoms with Gasteiger partial charge in [0, 0.05) is 50.1 Å². The molecule has 0 bridgehead atoms. The highest BCUT2D eigenvalue weighted by molar-refractivity contribution is 7.97. The fourth-order valence-electron chi connectivity index (χ4n) is 3.27. The van der Waals surface area contributed by atoms with Gasteiger partial charge in [0.05, 0.1) is 23.2 Å². The van der Waals surface area contributed by atoms with E-state index in [0.29, 0.717) is 11.6 Å². The molecule has 10 heteroatoms. The Hall–Kier alpha value is -2.07. The Morgan fingerprint density at radius 2 is 1.93 bits per heavy atom. The summed E-state index contributed by atoms with van der Waals surface area (Å²) in [6, 6.07) is 6.91. The van der Waals surface area contributed by atoms with Crippen molar-refractivity contribution in [1.29, 1.82) is 0 Å². The van der Waals surface area contributed by atoms with Crippen LogP contribution < -0.4 is 10.2 Å². The van der Waals surface area contributed by atoms with Crippen LogP contribution in [0.1, 0.15) is 0 Å². The van der Waals surface area contributed by atoms with E-state index in [1.54, 1.807) is 30.6 Å². The first kappa shape index (κ1) is 19.3. The number of hydrogen-bond acceptors (Lipinski definition) is 7. The number of nitrogens with zero attached hydrogens (tertiary/aromatic N) is 5. The summed E-state index contributed by atoms with van der Waals surface area (Å²) in [4.78, 5) is 26.1. The predicted molar refractivity (Wildman–Crippen MR) is 110 cm³/mol. The number of piperazine rings is 1. The van der Waals surface area contributed by atoms with Crippen LogP contribution in [0.3, 0.4) is 0 Å². The summed E-state index contributed by atoms with van der Waals surface area (Å²) in [6.07, 6.45) is 2.84. The number of aromatic nitrogens is 2. The molecular formula is C18H21ClN6O2S. The molecule has 0 radical (unpaired) electrons. The molecule has 2 aliphatic rings. The zero-order valence-corrected chi connectivity index (χ0v) is 16.7. The molecule has 1 fully saturated rings. The highest BCUT2D eigenvalue weighted by Crippen LogP contribution is 2.36. The largest absolute Gasteiger partial charge is 0.390 e. The summed E-state index contributed by atoms with van der Waals surface area (Å²) in [5.41, 5.74) is 0.740. The van der Waals surface area contributed by atoms with Gasteiger partial charge in [-0.25, -0.2) is 14.8 Å². The van der Waals surface area contributed by atoms with Gasteiger partial charge < -0.3 is 15.3 Å². The van der Waals surface area contributed by atoms with Crippen molar-refractivity contribution >= 4 is 41.2 Å². The Bertz CT molecular complexity index is 834. The third-order valence-electron chi connectivity index (χ3n) is 4.67. The molecule has 0 saturated carbocycles. The number of aliphatic hydroxyl groups excluding tert-OH is 1. The second-order valence-electron chi connectivity index (χ2n) is 6.71. The lowest BCUT2D eigenvalue weighted by Gasteiger charge is -2.36. The number of halogens is 1. The Kier molecular flexibility index (Phi) is 5.86. The van der Waals surface area contributed by atoms with E-state index in [1.807, 2.05) is 6.07 Å². The molecular weight excluding hydrogens is 400 g/mol. The molecule has 2 amide bonds. The first-order chi connectivity index (χ1) is 13.6. The number of fused-ring (bicyclic) bond motifs is 1. The number of carbonyl (C=O) groups is 1. The lowest BCUT2D eigenvalue weighted by Crippen LogP contribution is -2.50. The average Bonchev–Trinajstić information content (AvgIpc) is 2.70. The lowest BCUT2D eigenvalue weighted by atomic mass is 10.2. The molecule has 1 aromatic heterocycles. The van der Waals surface area contributed by atoms with Gasteiger partial charge in [-0.3, -0.25) is 9.21 Å². The van der Waals surface area contributed by atoms with Crippen LogP contribution in [0, 0.1) is 0 Å². The van der Waals surface area contributed by atoms with Gasteiger partial charge >= 0.3 is 6.03 Å². The highest BCUT2D eigenvalue weighted by Gasteiger charge is 2.27. The number of aliphatic hydroxyl groups is 1. The average molecular weight is 421 g/mol. The molecule has 0 aliphatic carbocycles. The van der Waals surface area contributed by atoms with Crippen molar-refractivity contribution in [3.8, 4) is 0 Å². The summed E-state index contributed by atoms with van der Waals surface area (Å²) in [5, 5.41) is 14.0. The van der Waals surface area contributed by atoms with E-state index in [0.717, 1.165) is 42.7 Å². The molecule has 1 unspecified atom stereocenters. The van der Waals surface area contributed by atoms with E-state index in [-0.39, 0.29) is 12.6 Å². The van der Waals surface area contributed by atoms with Crippen LogP contribution >= 0.6 is 23.5 Å². The lowest BCUT2D eigenvalue weighted by molar-refractivity contribution is 0.0981. The van der Waals surface area contributed by atoms with Gasteiger partial charge in [0.2, 0.25) is 5.95 Å². The minimum absolute atomic E-state index is 0.232. The minimum atomic E-state index is -0.640. The molecule has 2 N–H and O–H groups in total. The van der Waals surface area contributed by atoms with E-state index < -0.39 is 6.10 Å². The van der Waals surface area contributed by atoms with Crippen LogP contribution in [0.4, 0.5) is 16.4 Å². The van der Waals surface area contributed by atoms with Crippen molar-refractivity contribution in [2.45, 2.75) is 11.0 Å². The van der Waals surface area contributed by atoms with Crippen LogP contribution in [-0.2, 0) is 0 Å². The fourth-order valence-corrected chi connectivity index (χ4v) is 4.51. The highest BCUT2D eigenvalue weighted by atomic mass is 35.5. The van der Waals surface area contributed by atoms with Gasteiger partial charge in [-0.15, -0.1) is 0 Å². The van der Waals surface area contributed by atoms with E-state index in [4.69, 9.17) is 11.6 Å². The van der Waals surface area contributed by atoms with Crippen LogP contribution in [0.25, 0.3) is 0 Å². The zero-order valence-electron chi connectivity index (χ0n) is 15.2. The molecule has 1 aromatic carbocycles. The maximum Gasteiger partial charge on any atom is 0.332 e. The van der Waals surface area contributed by atoms with Crippen molar-refractivity contribution in [3.63, 3.8) is 0 Å². The summed E-state index contributed by atoms with van der Waals surface area (Å²) in [7, 11) is 0. The number of anilines is 2. The molecule has 28 heavy (non-hydrogen) atoms. The Morgan fingerprint density at radius 1 is 1.18 bits per heavy atom. The SMILES string of the molecule is O=C1Nc2ccc(Cl)cc2SN1CC(O)CN1CCN(c2ncccn2)CC1. The number of β-amino-alcohol motifs (C(OH)–C–C–N with tert-alkyl or cyclic N) is 1. The summed E-state index contributed by atoms with van der Waals surface area (Å²) < 4.78 is 1.54. The Balaban J connectivity index is 1.28. The van der Waals surface area contributed by atoms with Gasteiger partial charge in [0.1, 0.15) is 0 Å². The number of benzene rings is 1. The number of urea groups is 1. The van der Waals surface area contributed by atoms with E-state index >= 15 is 0 Å². The van der Waals surface area contributed by atoms with E-state index in [2.05, 4.69) is 25.1 Å². The molecule has 4 rings (SSSR count). The summed E-state index contributed by atoms with van der Waals surface area (Å²) >= 11 is 7.34. The number of carbonyl (C=O) groups excluding carboxylic acids is 1. The van der Waals surface area contributed by atoms with Crippen LogP contribution in [0.2, 0.25) is 5.02 Å². The molecule has 1 saturated heterocycles. The third-order valence-corrected chi connectivity index (χ3v) is 5.98. The molecule has 8 nitrogen and oxygen atoms in total. The Morgan fingerprint density at radius 3 is 2.68 bits per heavy atom. The van der Waals surface area contributed by atoms with Crippen molar-refractivity contribution in [2.75, 3.05) is 49.5 Å². The monoisotopic (exact) mass is 420 g/mol. The molecule has 2 aromatic rings. The van der Waals surface area contributed by atoms with Crippen molar-refractivity contribution < 1.29 is 9.90 Å². The van der Waals surface area contributed by atoms with Gasteiger partial charge in [-0.1, -0.05) is 11.6 Å². The number of hydrogen-bond donors (Lipinski definition) is 2. The van der Waals surface area contributed by atoms with Gasteiger partial charge in [0.25, 0.3) is 0 Å². The quantitative estimate of drug-likeness (QED) is 0.717. The van der Waals surface area contributed by atoms with Crippen molar-refractivity contribution in [2.24, 2.45) is 0 Å². The predicted octanol–water partition coefficient (Wildman–Crippen LogP) is 2.17. The van der Waals surface area contributed by atoms with E-state index in [1.165, 1.54) is 16.3 Å². The third kappa shape index (κ3) is 4.49. The summed E-state index contributed by atoms with van der Waals surface area (Å²) in [6.45, 7) is 3.99. The van der Waals surface area contributed by atoms with Crippen LogP contribution in [0.15, 0.2) is 41.6 Å². The standard InChI is InChI=1S/C18H21ClN6O2S/c19-13-2-3-15-16(10-13)28-25(18(27)22-15)12-14(26)11-23-6-8-24(9-7-23)17-20-4-1-5-21-17/h1-5,10,14,26H,6-9,11-12H2,(H,22,27). The van der Waals surface area contributed by atoms with Crippen molar-refractivity contribution in [1.82, 2.24) is 19.2 Å². The summed E-state index contributed by atoms with van der Waals surface area (Å²) in [5.74, 6) is 0.737. The molecule has 1 atom stereocenters. The maximum absolute atomic E-state index is 12.3. The first-order valence-electron chi connectivity index (χ1n) is 9.07. The molecule has 148 valence electrons. The molecule has 3 heterocycles. The van der Waals surface area contributed by atoms with Gasteiger partial charge in [-0.2, -0.15) is 0 Å².